The summed E-state index contributed by atoms with van der Waals surface area (Å²) in [7, 11) is 0. The fraction of sp³-hybridized carbons (Fsp3) is 0.188. The lowest BCUT2D eigenvalue weighted by molar-refractivity contribution is -0.384. The molecule has 0 fully saturated rings. The third-order valence-corrected chi connectivity index (χ3v) is 4.33. The molecule has 0 saturated heterocycles. The van der Waals surface area contributed by atoms with Crippen molar-refractivity contribution in [3.05, 3.63) is 69.2 Å². The molecule has 0 saturated carbocycles. The number of non-ortho nitro benzene ring substituents is 1. The second-order valence-electron chi connectivity index (χ2n) is 4.75. The van der Waals surface area contributed by atoms with Crippen molar-refractivity contribution >= 4 is 35.0 Å². The first kappa shape index (κ1) is 17.3. The molecule has 7 heteroatoms. The van der Waals surface area contributed by atoms with Gasteiger partial charge in [-0.15, -0.1) is 11.8 Å². The highest BCUT2D eigenvalue weighted by atomic mass is 35.5. The van der Waals surface area contributed by atoms with Crippen molar-refractivity contribution in [1.82, 2.24) is 0 Å². The summed E-state index contributed by atoms with van der Waals surface area (Å²) in [5.74, 6) is -0.344. The largest absolute Gasteiger partial charge is 0.460 e. The Bertz CT molecular complexity index is 688. The summed E-state index contributed by atoms with van der Waals surface area (Å²) in [4.78, 5) is 22.9. The number of nitro groups is 1. The molecule has 2 rings (SSSR count). The van der Waals surface area contributed by atoms with E-state index in [1.165, 1.54) is 23.9 Å². The minimum atomic E-state index is -0.460. The Morgan fingerprint density at radius 1 is 1.22 bits per heavy atom. The van der Waals surface area contributed by atoms with E-state index in [1.807, 2.05) is 0 Å². The van der Waals surface area contributed by atoms with E-state index in [0.717, 1.165) is 10.5 Å². The van der Waals surface area contributed by atoms with Gasteiger partial charge in [-0.2, -0.15) is 0 Å². The molecule has 2 aromatic carbocycles. The van der Waals surface area contributed by atoms with E-state index < -0.39 is 10.2 Å². The quantitative estimate of drug-likeness (QED) is 0.332. The minimum absolute atomic E-state index is 0.0207. The van der Waals surface area contributed by atoms with E-state index in [9.17, 15) is 14.9 Å². The van der Waals surface area contributed by atoms with Gasteiger partial charge >= 0.3 is 5.97 Å². The molecule has 0 radical (unpaired) electrons. The molecular weight excluding hydrogens is 338 g/mol. The van der Waals surface area contributed by atoms with Gasteiger partial charge in [-0.25, -0.2) is 0 Å². The molecule has 0 unspecified atom stereocenters. The first-order valence-electron chi connectivity index (χ1n) is 6.78. The third-order valence-electron chi connectivity index (χ3n) is 2.99. The number of carbonyl (C=O) groups excluding carboxylic acids is 1. The predicted molar refractivity (Wildman–Crippen MR) is 89.7 cm³/mol. The number of hydrogen-bond donors (Lipinski definition) is 0. The van der Waals surface area contributed by atoms with Gasteiger partial charge in [-0.3, -0.25) is 14.9 Å². The van der Waals surface area contributed by atoms with Crippen LogP contribution in [0.1, 0.15) is 12.5 Å². The average molecular weight is 352 g/mol. The highest BCUT2D eigenvalue weighted by Crippen LogP contribution is 2.26. The van der Waals surface area contributed by atoms with Crippen molar-refractivity contribution in [3.63, 3.8) is 0 Å². The zero-order chi connectivity index (χ0) is 16.8. The van der Waals surface area contributed by atoms with E-state index in [2.05, 4.69) is 0 Å². The van der Waals surface area contributed by atoms with E-state index >= 15 is 0 Å². The van der Waals surface area contributed by atoms with Gasteiger partial charge in [0.25, 0.3) is 5.69 Å². The first-order chi connectivity index (χ1) is 11.0. The molecule has 0 amide bonds. The second kappa shape index (κ2) is 7.99. The fourth-order valence-electron chi connectivity index (χ4n) is 1.75. The number of hydrogen-bond acceptors (Lipinski definition) is 5. The molecule has 2 aromatic rings. The van der Waals surface area contributed by atoms with Crippen LogP contribution >= 0.6 is 23.4 Å². The predicted octanol–water partition coefficient (Wildman–Crippen LogP) is 4.47. The molecule has 120 valence electrons. The summed E-state index contributed by atoms with van der Waals surface area (Å²) in [5.41, 5.74) is 0.877. The molecule has 0 aromatic heterocycles. The van der Waals surface area contributed by atoms with Gasteiger partial charge in [0.1, 0.15) is 11.9 Å². The summed E-state index contributed by atoms with van der Waals surface area (Å²) in [5, 5.41) is 10.8. The minimum Gasteiger partial charge on any atom is -0.460 e. The maximum atomic E-state index is 12.0. The lowest BCUT2D eigenvalue weighted by Gasteiger charge is -2.11. The second-order valence-corrected chi connectivity index (χ2v) is 6.60. The number of ether oxygens (including phenoxy) is 1. The molecule has 0 spiro atoms. The summed E-state index contributed by atoms with van der Waals surface area (Å²) in [6.07, 6.45) is 0. The zero-order valence-corrected chi connectivity index (χ0v) is 13.8. The average Bonchev–Trinajstić information content (AvgIpc) is 2.54. The van der Waals surface area contributed by atoms with Crippen LogP contribution in [0.4, 0.5) is 5.69 Å². The van der Waals surface area contributed by atoms with Crippen LogP contribution in [0.15, 0.2) is 53.4 Å². The van der Waals surface area contributed by atoms with Gasteiger partial charge < -0.3 is 4.74 Å². The van der Waals surface area contributed by atoms with E-state index in [4.69, 9.17) is 16.3 Å². The Labute approximate surface area is 142 Å². The Morgan fingerprint density at radius 3 is 2.39 bits per heavy atom. The van der Waals surface area contributed by atoms with Crippen LogP contribution in [0.3, 0.4) is 0 Å². The highest BCUT2D eigenvalue weighted by molar-refractivity contribution is 8.00. The van der Waals surface area contributed by atoms with Crippen LogP contribution in [-0.2, 0) is 16.1 Å². The number of nitro benzene ring substituents is 1. The van der Waals surface area contributed by atoms with Crippen LogP contribution in [-0.4, -0.2) is 16.1 Å². The Hall–Kier alpha value is -2.05. The standard InChI is InChI=1S/C16H14ClNO4S/c1-11(23-15-8-6-14(7-9-15)18(20)21)16(19)22-10-12-2-4-13(17)5-3-12/h2-9,11H,10H2,1H3/t11-/m0/s1. The number of thioether (sulfide) groups is 1. The van der Waals surface area contributed by atoms with E-state index in [1.54, 1.807) is 43.3 Å². The van der Waals surface area contributed by atoms with Crippen molar-refractivity contribution in [2.45, 2.75) is 23.7 Å². The van der Waals surface area contributed by atoms with E-state index in [-0.39, 0.29) is 18.3 Å². The fourth-order valence-corrected chi connectivity index (χ4v) is 2.74. The van der Waals surface area contributed by atoms with Gasteiger partial charge in [-0.1, -0.05) is 23.7 Å². The van der Waals surface area contributed by atoms with Crippen LogP contribution in [0.2, 0.25) is 5.02 Å². The van der Waals surface area contributed by atoms with E-state index in [0.29, 0.717) is 5.02 Å². The van der Waals surface area contributed by atoms with Crippen molar-refractivity contribution < 1.29 is 14.5 Å². The number of rotatable bonds is 6. The first-order valence-corrected chi connectivity index (χ1v) is 8.03. The smallest absolute Gasteiger partial charge is 0.319 e. The summed E-state index contributed by atoms with van der Waals surface area (Å²) >= 11 is 7.08. The molecule has 0 aliphatic carbocycles. The molecular formula is C16H14ClNO4S. The SMILES string of the molecule is C[C@H](Sc1ccc([N+](=O)[O-])cc1)C(=O)OCc1ccc(Cl)cc1. The molecule has 0 N–H and O–H groups in total. The molecule has 0 aliphatic heterocycles. The Balaban J connectivity index is 1.86. The van der Waals surface area contributed by atoms with Crippen molar-refractivity contribution in [2.75, 3.05) is 0 Å². The van der Waals surface area contributed by atoms with Gasteiger partial charge in [0.05, 0.1) is 4.92 Å². The van der Waals surface area contributed by atoms with Crippen LogP contribution < -0.4 is 0 Å². The number of halogens is 1. The van der Waals surface area contributed by atoms with Crippen molar-refractivity contribution in [3.8, 4) is 0 Å². The highest BCUT2D eigenvalue weighted by Gasteiger charge is 2.16. The normalized spacial score (nSPS) is 11.7. The molecule has 0 bridgehead atoms. The third kappa shape index (κ3) is 5.26. The lowest BCUT2D eigenvalue weighted by Crippen LogP contribution is -2.16. The van der Waals surface area contributed by atoms with Gasteiger partial charge in [0.2, 0.25) is 0 Å². The number of esters is 1. The van der Waals surface area contributed by atoms with Crippen LogP contribution in [0.25, 0.3) is 0 Å². The van der Waals surface area contributed by atoms with Gasteiger partial charge in [-0.05, 0) is 36.8 Å². The molecule has 0 heterocycles. The molecule has 1 atom stereocenters. The monoisotopic (exact) mass is 351 g/mol. The maximum Gasteiger partial charge on any atom is 0.319 e. The van der Waals surface area contributed by atoms with Gasteiger partial charge in [0, 0.05) is 22.1 Å². The maximum absolute atomic E-state index is 12.0. The molecule has 5 nitrogen and oxygen atoms in total. The lowest BCUT2D eigenvalue weighted by atomic mass is 10.2. The van der Waals surface area contributed by atoms with Gasteiger partial charge in [0.15, 0.2) is 0 Å². The number of nitrogens with zero attached hydrogens (tertiary/aromatic N) is 1. The summed E-state index contributed by atoms with van der Waals surface area (Å²) < 4.78 is 5.25. The Morgan fingerprint density at radius 2 is 1.83 bits per heavy atom. The van der Waals surface area contributed by atoms with Crippen molar-refractivity contribution in [2.24, 2.45) is 0 Å². The number of carbonyl (C=O) groups is 1. The zero-order valence-electron chi connectivity index (χ0n) is 12.3. The molecule has 23 heavy (non-hydrogen) atoms. The van der Waals surface area contributed by atoms with Crippen LogP contribution in [0.5, 0.6) is 0 Å². The summed E-state index contributed by atoms with van der Waals surface area (Å²) in [6.45, 7) is 1.91. The van der Waals surface area contributed by atoms with Crippen molar-refractivity contribution in [1.29, 1.82) is 0 Å². The molecule has 0 aliphatic rings. The Kier molecular flexibility index (Phi) is 6.01. The van der Waals surface area contributed by atoms with Crippen LogP contribution in [0, 0.1) is 10.1 Å². The summed E-state index contributed by atoms with van der Waals surface area (Å²) in [6, 6.07) is 13.1. The number of benzene rings is 2. The topological polar surface area (TPSA) is 69.4 Å².